The van der Waals surface area contributed by atoms with E-state index in [1.807, 2.05) is 4.90 Å². The summed E-state index contributed by atoms with van der Waals surface area (Å²) in [5, 5.41) is -0.394. The fraction of sp³-hybridized carbons (Fsp3) is 0.900. The van der Waals surface area contributed by atoms with E-state index >= 15 is 0 Å². The van der Waals surface area contributed by atoms with Gasteiger partial charge >= 0.3 is 0 Å². The van der Waals surface area contributed by atoms with Crippen LogP contribution >= 0.6 is 23.2 Å². The maximum Gasteiger partial charge on any atom is 0.241 e. The Balaban J connectivity index is 2.36. The van der Waals surface area contributed by atoms with Crippen molar-refractivity contribution in [3.63, 3.8) is 0 Å². The van der Waals surface area contributed by atoms with Crippen molar-refractivity contribution < 1.29 is 4.79 Å². The summed E-state index contributed by atoms with van der Waals surface area (Å²) in [5.41, 5.74) is 0. The Kier molecular flexibility index (Phi) is 5.04. The van der Waals surface area contributed by atoms with Gasteiger partial charge in [-0.1, -0.05) is 19.8 Å². The van der Waals surface area contributed by atoms with Gasteiger partial charge in [-0.3, -0.25) is 4.79 Å². The summed E-state index contributed by atoms with van der Waals surface area (Å²) in [4.78, 5) is 13.5. The van der Waals surface area contributed by atoms with Crippen LogP contribution in [0.1, 0.15) is 26.2 Å². The third kappa shape index (κ3) is 2.77. The van der Waals surface area contributed by atoms with Gasteiger partial charge in [0.05, 0.1) is 0 Å². The first-order chi connectivity index (χ1) is 6.70. The zero-order valence-corrected chi connectivity index (χ0v) is 10.0. The Bertz CT molecular complexity index is 199. The topological polar surface area (TPSA) is 20.3 Å². The van der Waals surface area contributed by atoms with E-state index in [2.05, 4.69) is 6.92 Å². The average Bonchev–Trinajstić information content (AvgIpc) is 2.46. The highest BCUT2D eigenvalue weighted by Crippen LogP contribution is 2.24. The van der Waals surface area contributed by atoms with E-state index in [9.17, 15) is 4.79 Å². The lowest BCUT2D eigenvalue weighted by Gasteiger charge is -2.15. The first kappa shape index (κ1) is 12.1. The van der Waals surface area contributed by atoms with E-state index in [-0.39, 0.29) is 11.8 Å². The molecular formula is C10H17Cl2NO. The quantitative estimate of drug-likeness (QED) is 0.532. The number of amides is 1. The molecule has 1 fully saturated rings. The van der Waals surface area contributed by atoms with Crippen LogP contribution in [0.3, 0.4) is 0 Å². The zero-order valence-electron chi connectivity index (χ0n) is 8.51. The van der Waals surface area contributed by atoms with Crippen LogP contribution in [-0.2, 0) is 4.79 Å². The van der Waals surface area contributed by atoms with E-state index in [0.717, 1.165) is 19.5 Å². The van der Waals surface area contributed by atoms with Crippen LogP contribution in [0.4, 0.5) is 0 Å². The van der Waals surface area contributed by atoms with Crippen molar-refractivity contribution in [3.05, 3.63) is 0 Å². The van der Waals surface area contributed by atoms with Crippen molar-refractivity contribution in [3.8, 4) is 0 Å². The molecule has 0 aliphatic carbocycles. The van der Waals surface area contributed by atoms with Crippen LogP contribution in [0.2, 0.25) is 0 Å². The van der Waals surface area contributed by atoms with Crippen LogP contribution in [0.25, 0.3) is 0 Å². The Hall–Kier alpha value is 0.0500. The largest absolute Gasteiger partial charge is 0.341 e. The van der Waals surface area contributed by atoms with Crippen LogP contribution in [-0.4, -0.2) is 35.2 Å². The summed E-state index contributed by atoms with van der Waals surface area (Å²) in [6, 6.07) is 0. The molecule has 0 aromatic heterocycles. The third-order valence-corrected chi connectivity index (χ3v) is 3.59. The molecule has 1 aliphatic rings. The molecule has 2 nitrogen and oxygen atoms in total. The number of carbonyl (C=O) groups excluding carboxylic acids is 1. The summed E-state index contributed by atoms with van der Waals surface area (Å²) in [5.74, 6) is 0.672. The monoisotopic (exact) mass is 237 g/mol. The van der Waals surface area contributed by atoms with Gasteiger partial charge in [-0.05, 0) is 6.42 Å². The Labute approximate surface area is 95.5 Å². The van der Waals surface area contributed by atoms with Gasteiger partial charge in [0.15, 0.2) is 0 Å². The first-order valence-electron chi connectivity index (χ1n) is 5.19. The molecule has 1 amide bonds. The SMILES string of the molecule is CCCCCN1CC(CCl)C(Cl)C1=O. The van der Waals surface area contributed by atoms with Gasteiger partial charge in [0, 0.05) is 24.9 Å². The Morgan fingerprint density at radius 3 is 2.71 bits per heavy atom. The van der Waals surface area contributed by atoms with Gasteiger partial charge in [-0.15, -0.1) is 23.2 Å². The highest BCUT2D eigenvalue weighted by atomic mass is 35.5. The fourth-order valence-corrected chi connectivity index (χ4v) is 2.40. The van der Waals surface area contributed by atoms with E-state index in [1.165, 1.54) is 12.8 Å². The van der Waals surface area contributed by atoms with Gasteiger partial charge in [-0.25, -0.2) is 0 Å². The molecule has 0 spiro atoms. The first-order valence-corrected chi connectivity index (χ1v) is 6.16. The summed E-state index contributed by atoms with van der Waals surface area (Å²) in [6.07, 6.45) is 3.41. The lowest BCUT2D eigenvalue weighted by molar-refractivity contribution is -0.127. The molecule has 0 bridgehead atoms. The molecule has 14 heavy (non-hydrogen) atoms. The number of unbranched alkanes of at least 4 members (excludes halogenated alkanes) is 2. The number of alkyl halides is 2. The average molecular weight is 238 g/mol. The number of rotatable bonds is 5. The van der Waals surface area contributed by atoms with Crippen molar-refractivity contribution in [1.29, 1.82) is 0 Å². The van der Waals surface area contributed by atoms with Gasteiger partial charge in [0.25, 0.3) is 0 Å². The molecule has 1 heterocycles. The van der Waals surface area contributed by atoms with Gasteiger partial charge in [0.2, 0.25) is 5.91 Å². The highest BCUT2D eigenvalue weighted by molar-refractivity contribution is 6.32. The second-order valence-electron chi connectivity index (χ2n) is 3.81. The molecular weight excluding hydrogens is 221 g/mol. The molecule has 82 valence electrons. The van der Waals surface area contributed by atoms with E-state index < -0.39 is 5.38 Å². The lowest BCUT2D eigenvalue weighted by Crippen LogP contribution is -2.28. The van der Waals surface area contributed by atoms with Gasteiger partial charge in [-0.2, -0.15) is 0 Å². The van der Waals surface area contributed by atoms with Crippen LogP contribution < -0.4 is 0 Å². The van der Waals surface area contributed by atoms with Crippen molar-refractivity contribution in [2.75, 3.05) is 19.0 Å². The van der Waals surface area contributed by atoms with Crippen molar-refractivity contribution >= 4 is 29.1 Å². The standard InChI is InChI=1S/C10H17Cl2NO/c1-2-3-4-5-13-7-8(6-11)9(12)10(13)14/h8-9H,2-7H2,1H3. The number of hydrogen-bond donors (Lipinski definition) is 0. The maximum atomic E-state index is 11.6. The minimum Gasteiger partial charge on any atom is -0.341 e. The highest BCUT2D eigenvalue weighted by Gasteiger charge is 2.37. The zero-order chi connectivity index (χ0) is 10.6. The second kappa shape index (κ2) is 5.82. The Morgan fingerprint density at radius 1 is 1.50 bits per heavy atom. The molecule has 2 unspecified atom stereocenters. The number of halogens is 2. The van der Waals surface area contributed by atoms with Gasteiger partial charge < -0.3 is 4.90 Å². The van der Waals surface area contributed by atoms with Crippen molar-refractivity contribution in [2.24, 2.45) is 5.92 Å². The summed E-state index contributed by atoms with van der Waals surface area (Å²) in [6.45, 7) is 3.72. The summed E-state index contributed by atoms with van der Waals surface area (Å²) < 4.78 is 0. The predicted octanol–water partition coefficient (Wildman–Crippen LogP) is 2.48. The van der Waals surface area contributed by atoms with Crippen LogP contribution in [0.5, 0.6) is 0 Å². The minimum atomic E-state index is -0.394. The number of nitrogens with zero attached hydrogens (tertiary/aromatic N) is 1. The molecule has 0 radical (unpaired) electrons. The Morgan fingerprint density at radius 2 is 2.21 bits per heavy atom. The van der Waals surface area contributed by atoms with E-state index in [0.29, 0.717) is 5.88 Å². The predicted molar refractivity (Wildman–Crippen MR) is 60.0 cm³/mol. The van der Waals surface area contributed by atoms with Crippen LogP contribution in [0, 0.1) is 5.92 Å². The second-order valence-corrected chi connectivity index (χ2v) is 4.59. The van der Waals surface area contributed by atoms with Crippen LogP contribution in [0.15, 0.2) is 0 Å². The minimum absolute atomic E-state index is 0.0634. The molecule has 2 atom stereocenters. The summed E-state index contributed by atoms with van der Waals surface area (Å²) >= 11 is 11.7. The molecule has 0 N–H and O–H groups in total. The van der Waals surface area contributed by atoms with E-state index in [4.69, 9.17) is 23.2 Å². The fourth-order valence-electron chi connectivity index (χ4n) is 1.72. The molecule has 1 rings (SSSR count). The molecule has 0 saturated carbocycles. The number of carbonyl (C=O) groups is 1. The molecule has 4 heteroatoms. The molecule has 0 aromatic carbocycles. The van der Waals surface area contributed by atoms with Crippen molar-refractivity contribution in [2.45, 2.75) is 31.6 Å². The third-order valence-electron chi connectivity index (χ3n) is 2.65. The lowest BCUT2D eigenvalue weighted by atomic mass is 10.1. The number of hydrogen-bond acceptors (Lipinski definition) is 1. The maximum absolute atomic E-state index is 11.6. The normalized spacial score (nSPS) is 27.4. The van der Waals surface area contributed by atoms with Crippen molar-refractivity contribution in [1.82, 2.24) is 4.90 Å². The smallest absolute Gasteiger partial charge is 0.241 e. The molecule has 0 aromatic rings. The molecule has 1 saturated heterocycles. The van der Waals surface area contributed by atoms with E-state index in [1.54, 1.807) is 0 Å². The summed E-state index contributed by atoms with van der Waals surface area (Å²) in [7, 11) is 0. The molecule has 1 aliphatic heterocycles. The van der Waals surface area contributed by atoms with Gasteiger partial charge in [0.1, 0.15) is 5.38 Å². The number of likely N-dealkylation sites (tertiary alicyclic amines) is 1.